The summed E-state index contributed by atoms with van der Waals surface area (Å²) in [5.74, 6) is 2.49. The van der Waals surface area contributed by atoms with Crippen molar-refractivity contribution in [3.8, 4) is 11.5 Å². The quantitative estimate of drug-likeness (QED) is 0.135. The maximum Gasteiger partial charge on any atom is 0.161 e. The predicted octanol–water partition coefficient (Wildman–Crippen LogP) is 9.89. The second-order valence-electron chi connectivity index (χ2n) is 10.4. The molecule has 0 bridgehead atoms. The fraction of sp³-hybridized carbons (Fsp3) is 0.606. The van der Waals surface area contributed by atoms with Gasteiger partial charge in [-0.05, 0) is 30.7 Å². The number of benzene rings is 2. The molecule has 0 unspecified atom stereocenters. The molecule has 0 aliphatic rings. The fourth-order valence-electron chi connectivity index (χ4n) is 5.18. The Kier molecular flexibility index (Phi) is 14.0. The third-order valence-electron chi connectivity index (χ3n) is 7.39. The number of methoxy groups -OCH3 is 1. The lowest BCUT2D eigenvalue weighted by Crippen LogP contribution is -2.08. The van der Waals surface area contributed by atoms with Crippen molar-refractivity contribution in [1.82, 2.24) is 9.55 Å². The van der Waals surface area contributed by atoms with E-state index < -0.39 is 0 Å². The SMILES string of the molecule is CCCCCCCCCCCCCCCCCCn1c(COc2ccccc2OC)nc2ccccc21. The molecule has 1 aromatic heterocycles. The van der Waals surface area contributed by atoms with E-state index in [2.05, 4.69) is 35.8 Å². The Bertz CT molecular complexity index is 997. The number of unbranched alkanes of at least 4 members (excludes halogenated alkanes) is 15. The molecule has 0 amide bonds. The Morgan fingerprint density at radius 2 is 1.14 bits per heavy atom. The van der Waals surface area contributed by atoms with Crippen molar-refractivity contribution in [3.63, 3.8) is 0 Å². The van der Waals surface area contributed by atoms with E-state index in [1.165, 1.54) is 108 Å². The summed E-state index contributed by atoms with van der Waals surface area (Å²) >= 11 is 0. The van der Waals surface area contributed by atoms with Crippen LogP contribution in [-0.4, -0.2) is 16.7 Å². The zero-order valence-corrected chi connectivity index (χ0v) is 23.6. The first-order valence-corrected chi connectivity index (χ1v) is 15.0. The van der Waals surface area contributed by atoms with Crippen molar-refractivity contribution in [2.24, 2.45) is 0 Å². The highest BCUT2D eigenvalue weighted by molar-refractivity contribution is 5.75. The summed E-state index contributed by atoms with van der Waals surface area (Å²) in [4.78, 5) is 4.87. The molecule has 0 atom stereocenters. The number of imidazole rings is 1. The Morgan fingerprint density at radius 3 is 1.73 bits per heavy atom. The van der Waals surface area contributed by atoms with Crippen LogP contribution >= 0.6 is 0 Å². The van der Waals surface area contributed by atoms with Gasteiger partial charge >= 0.3 is 0 Å². The van der Waals surface area contributed by atoms with Gasteiger partial charge < -0.3 is 14.0 Å². The molecule has 0 saturated carbocycles. The number of nitrogens with zero attached hydrogens (tertiary/aromatic N) is 2. The molecule has 1 heterocycles. The summed E-state index contributed by atoms with van der Waals surface area (Å²) < 4.78 is 13.9. The minimum atomic E-state index is 0.438. The monoisotopic (exact) mass is 506 g/mol. The number of aryl methyl sites for hydroxylation is 1. The third-order valence-corrected chi connectivity index (χ3v) is 7.39. The molecule has 0 aliphatic carbocycles. The summed E-state index contributed by atoms with van der Waals surface area (Å²) in [6, 6.07) is 16.2. The van der Waals surface area contributed by atoms with Crippen LogP contribution < -0.4 is 9.47 Å². The number of fused-ring (bicyclic) bond motifs is 1. The van der Waals surface area contributed by atoms with E-state index in [4.69, 9.17) is 14.5 Å². The second kappa shape index (κ2) is 17.9. The number of hydrogen-bond donors (Lipinski definition) is 0. The lowest BCUT2D eigenvalue weighted by Gasteiger charge is -2.12. The standard InChI is InChI=1S/C33H50N2O2/c1-3-4-5-6-7-8-9-10-11-12-13-14-15-16-17-22-27-35-30-24-19-18-23-29(30)34-33(35)28-37-32-26-21-20-25-31(32)36-2/h18-21,23-26H,3-17,22,27-28H2,1-2H3. The summed E-state index contributed by atoms with van der Waals surface area (Å²) in [5.41, 5.74) is 2.24. The highest BCUT2D eigenvalue weighted by atomic mass is 16.5. The minimum Gasteiger partial charge on any atom is -0.493 e. The van der Waals surface area contributed by atoms with Crippen molar-refractivity contribution >= 4 is 11.0 Å². The molecule has 3 aromatic rings. The Balaban J connectivity index is 1.30. The lowest BCUT2D eigenvalue weighted by atomic mass is 10.0. The molecule has 0 aliphatic heterocycles. The number of ether oxygens (including phenoxy) is 2. The number of aromatic nitrogens is 2. The highest BCUT2D eigenvalue weighted by Crippen LogP contribution is 2.27. The zero-order chi connectivity index (χ0) is 26.0. The largest absolute Gasteiger partial charge is 0.493 e. The molecular formula is C33H50N2O2. The van der Waals surface area contributed by atoms with Crippen LogP contribution in [0.15, 0.2) is 48.5 Å². The highest BCUT2D eigenvalue weighted by Gasteiger charge is 2.12. The molecule has 0 spiro atoms. The topological polar surface area (TPSA) is 36.3 Å². The number of para-hydroxylation sites is 4. The molecule has 37 heavy (non-hydrogen) atoms. The average Bonchev–Trinajstić information content (AvgIpc) is 3.29. The molecule has 0 N–H and O–H groups in total. The van der Waals surface area contributed by atoms with Crippen molar-refractivity contribution in [2.75, 3.05) is 7.11 Å². The Labute approximate surface area is 225 Å². The van der Waals surface area contributed by atoms with E-state index >= 15 is 0 Å². The van der Waals surface area contributed by atoms with E-state index in [9.17, 15) is 0 Å². The molecule has 0 fully saturated rings. The van der Waals surface area contributed by atoms with E-state index in [0.717, 1.165) is 29.4 Å². The van der Waals surface area contributed by atoms with Crippen LogP contribution in [0, 0.1) is 0 Å². The van der Waals surface area contributed by atoms with Gasteiger partial charge in [-0.25, -0.2) is 4.98 Å². The molecule has 0 saturated heterocycles. The second-order valence-corrected chi connectivity index (χ2v) is 10.4. The molecule has 2 aromatic carbocycles. The molecular weight excluding hydrogens is 456 g/mol. The summed E-state index contributed by atoms with van der Waals surface area (Å²) in [6.45, 7) is 3.72. The summed E-state index contributed by atoms with van der Waals surface area (Å²) in [5, 5.41) is 0. The third kappa shape index (κ3) is 10.4. The first-order chi connectivity index (χ1) is 18.3. The van der Waals surface area contributed by atoms with Crippen LogP contribution in [-0.2, 0) is 13.2 Å². The van der Waals surface area contributed by atoms with Gasteiger partial charge in [-0.3, -0.25) is 0 Å². The van der Waals surface area contributed by atoms with E-state index in [1.807, 2.05) is 24.3 Å². The Morgan fingerprint density at radius 1 is 0.622 bits per heavy atom. The van der Waals surface area contributed by atoms with Crippen molar-refractivity contribution < 1.29 is 9.47 Å². The van der Waals surface area contributed by atoms with Crippen LogP contribution in [0.25, 0.3) is 11.0 Å². The predicted molar refractivity (Wildman–Crippen MR) is 157 cm³/mol. The number of hydrogen-bond acceptors (Lipinski definition) is 3. The van der Waals surface area contributed by atoms with Gasteiger partial charge in [-0.2, -0.15) is 0 Å². The lowest BCUT2D eigenvalue weighted by molar-refractivity contribution is 0.271. The van der Waals surface area contributed by atoms with Gasteiger partial charge in [0.25, 0.3) is 0 Å². The molecule has 204 valence electrons. The molecule has 0 radical (unpaired) electrons. The van der Waals surface area contributed by atoms with Gasteiger partial charge in [0, 0.05) is 6.54 Å². The van der Waals surface area contributed by atoms with E-state index in [1.54, 1.807) is 7.11 Å². The number of rotatable bonds is 21. The molecule has 3 rings (SSSR count). The molecule has 4 nitrogen and oxygen atoms in total. The van der Waals surface area contributed by atoms with Crippen molar-refractivity contribution in [2.45, 2.75) is 123 Å². The first-order valence-electron chi connectivity index (χ1n) is 15.0. The maximum absolute atomic E-state index is 6.11. The van der Waals surface area contributed by atoms with Crippen LogP contribution in [0.3, 0.4) is 0 Å². The van der Waals surface area contributed by atoms with E-state index in [-0.39, 0.29) is 0 Å². The van der Waals surface area contributed by atoms with Gasteiger partial charge in [-0.15, -0.1) is 0 Å². The zero-order valence-electron chi connectivity index (χ0n) is 23.6. The fourth-order valence-corrected chi connectivity index (χ4v) is 5.18. The van der Waals surface area contributed by atoms with E-state index in [0.29, 0.717) is 6.61 Å². The Hall–Kier alpha value is -2.49. The smallest absolute Gasteiger partial charge is 0.161 e. The van der Waals surface area contributed by atoms with Crippen molar-refractivity contribution in [1.29, 1.82) is 0 Å². The maximum atomic E-state index is 6.11. The van der Waals surface area contributed by atoms with Crippen molar-refractivity contribution in [3.05, 3.63) is 54.4 Å². The van der Waals surface area contributed by atoms with Crippen LogP contribution in [0.5, 0.6) is 11.5 Å². The van der Waals surface area contributed by atoms with Gasteiger partial charge in [0.2, 0.25) is 0 Å². The normalized spacial score (nSPS) is 11.3. The minimum absolute atomic E-state index is 0.438. The van der Waals surface area contributed by atoms with Gasteiger partial charge in [0.05, 0.1) is 18.1 Å². The molecule has 4 heteroatoms. The van der Waals surface area contributed by atoms with Crippen LogP contribution in [0.1, 0.15) is 115 Å². The van der Waals surface area contributed by atoms with Gasteiger partial charge in [-0.1, -0.05) is 128 Å². The summed E-state index contributed by atoms with van der Waals surface area (Å²) in [6.07, 6.45) is 22.3. The van der Waals surface area contributed by atoms with Gasteiger partial charge in [0.1, 0.15) is 12.4 Å². The van der Waals surface area contributed by atoms with Crippen LogP contribution in [0.2, 0.25) is 0 Å². The summed E-state index contributed by atoms with van der Waals surface area (Å²) in [7, 11) is 1.68. The first kappa shape index (κ1) is 29.1. The average molecular weight is 507 g/mol. The van der Waals surface area contributed by atoms with Gasteiger partial charge in [0.15, 0.2) is 11.5 Å². The van der Waals surface area contributed by atoms with Crippen LogP contribution in [0.4, 0.5) is 0 Å².